The van der Waals surface area contributed by atoms with Gasteiger partial charge in [-0.2, -0.15) is 5.10 Å². The van der Waals surface area contributed by atoms with Crippen molar-refractivity contribution in [1.82, 2.24) is 25.2 Å². The van der Waals surface area contributed by atoms with Gasteiger partial charge in [-0.3, -0.25) is 14.4 Å². The zero-order valence-electron chi connectivity index (χ0n) is 13.9. The van der Waals surface area contributed by atoms with E-state index in [0.717, 1.165) is 42.9 Å². The monoisotopic (exact) mass is 317 g/mol. The van der Waals surface area contributed by atoms with Crippen LogP contribution in [0.4, 0.5) is 0 Å². The van der Waals surface area contributed by atoms with Gasteiger partial charge in [0.25, 0.3) is 0 Å². The molecule has 1 aliphatic heterocycles. The normalized spacial score (nSPS) is 22.2. The van der Waals surface area contributed by atoms with Crippen molar-refractivity contribution >= 4 is 5.91 Å². The summed E-state index contributed by atoms with van der Waals surface area (Å²) in [4.78, 5) is 14.9. The fraction of sp³-hybridized carbons (Fsp3) is 0.562. The Bertz CT molecular complexity index is 659. The van der Waals surface area contributed by atoms with Gasteiger partial charge >= 0.3 is 0 Å². The number of rotatable bonds is 4. The lowest BCUT2D eigenvalue weighted by molar-refractivity contribution is -0.133. The minimum Gasteiger partial charge on any atom is -0.361 e. The van der Waals surface area contributed by atoms with Crippen molar-refractivity contribution in [3.05, 3.63) is 35.5 Å². The molecule has 0 bridgehead atoms. The lowest BCUT2D eigenvalue weighted by Gasteiger charge is -2.41. The number of likely N-dealkylation sites (N-methyl/N-ethyl adjacent to an activating group) is 1. The van der Waals surface area contributed by atoms with Crippen LogP contribution >= 0.6 is 0 Å². The SMILES string of the molecule is CNC(=O)C1(n2cccn2)CCCN(Cc2c(C)noc2C)C1. The van der Waals surface area contributed by atoms with Crippen LogP contribution in [0.2, 0.25) is 0 Å². The smallest absolute Gasteiger partial charge is 0.249 e. The molecule has 1 saturated heterocycles. The van der Waals surface area contributed by atoms with Gasteiger partial charge in [0.15, 0.2) is 5.54 Å². The van der Waals surface area contributed by atoms with E-state index in [1.807, 2.05) is 26.1 Å². The molecule has 1 unspecified atom stereocenters. The fourth-order valence-electron chi connectivity index (χ4n) is 3.44. The van der Waals surface area contributed by atoms with Crippen LogP contribution in [0.1, 0.15) is 29.9 Å². The van der Waals surface area contributed by atoms with Crippen molar-refractivity contribution in [3.8, 4) is 0 Å². The number of piperidine rings is 1. The molecule has 3 rings (SSSR count). The first-order valence-electron chi connectivity index (χ1n) is 7.93. The summed E-state index contributed by atoms with van der Waals surface area (Å²) < 4.78 is 7.05. The van der Waals surface area contributed by atoms with E-state index in [4.69, 9.17) is 4.52 Å². The first-order valence-corrected chi connectivity index (χ1v) is 7.93. The number of nitrogens with one attached hydrogen (secondary N) is 1. The second-order valence-corrected chi connectivity index (χ2v) is 6.18. The Hall–Kier alpha value is -2.15. The molecule has 0 aliphatic carbocycles. The second-order valence-electron chi connectivity index (χ2n) is 6.18. The zero-order valence-corrected chi connectivity index (χ0v) is 13.9. The van der Waals surface area contributed by atoms with E-state index in [2.05, 4.69) is 20.5 Å². The number of amides is 1. The highest BCUT2D eigenvalue weighted by Gasteiger charge is 2.44. The van der Waals surface area contributed by atoms with Crippen molar-refractivity contribution in [2.75, 3.05) is 20.1 Å². The first kappa shape index (κ1) is 15.7. The number of aryl methyl sites for hydroxylation is 2. The molecule has 0 spiro atoms. The van der Waals surface area contributed by atoms with E-state index in [1.165, 1.54) is 0 Å². The van der Waals surface area contributed by atoms with Crippen LogP contribution in [-0.2, 0) is 16.9 Å². The minimum atomic E-state index is -0.657. The van der Waals surface area contributed by atoms with Crippen molar-refractivity contribution < 1.29 is 9.32 Å². The van der Waals surface area contributed by atoms with Crippen LogP contribution in [-0.4, -0.2) is 45.9 Å². The van der Waals surface area contributed by atoms with Gasteiger partial charge in [-0.1, -0.05) is 5.16 Å². The lowest BCUT2D eigenvalue weighted by atomic mass is 9.87. The summed E-state index contributed by atoms with van der Waals surface area (Å²) in [6.07, 6.45) is 5.32. The molecule has 1 atom stereocenters. The zero-order chi connectivity index (χ0) is 16.4. The Kier molecular flexibility index (Phi) is 4.21. The molecule has 0 aromatic carbocycles. The van der Waals surface area contributed by atoms with Gasteiger partial charge in [0.1, 0.15) is 5.76 Å². The quantitative estimate of drug-likeness (QED) is 0.918. The number of carbonyl (C=O) groups is 1. The van der Waals surface area contributed by atoms with Gasteiger partial charge in [0.2, 0.25) is 5.91 Å². The van der Waals surface area contributed by atoms with E-state index < -0.39 is 5.54 Å². The van der Waals surface area contributed by atoms with Crippen molar-refractivity contribution in [1.29, 1.82) is 0 Å². The molecule has 3 heterocycles. The molecule has 7 heteroatoms. The predicted molar refractivity (Wildman–Crippen MR) is 84.8 cm³/mol. The highest BCUT2D eigenvalue weighted by atomic mass is 16.5. The Morgan fingerprint density at radius 2 is 2.30 bits per heavy atom. The lowest BCUT2D eigenvalue weighted by Crippen LogP contribution is -2.57. The molecule has 2 aromatic heterocycles. The molecule has 23 heavy (non-hydrogen) atoms. The van der Waals surface area contributed by atoms with Gasteiger partial charge in [-0.15, -0.1) is 0 Å². The molecule has 7 nitrogen and oxygen atoms in total. The molecule has 0 radical (unpaired) electrons. The predicted octanol–water partition coefficient (Wildman–Crippen LogP) is 1.23. The highest BCUT2D eigenvalue weighted by molar-refractivity contribution is 5.84. The molecule has 1 fully saturated rings. The van der Waals surface area contributed by atoms with Gasteiger partial charge in [-0.25, -0.2) is 0 Å². The average molecular weight is 317 g/mol. The Morgan fingerprint density at radius 1 is 1.48 bits per heavy atom. The number of hydrogen-bond donors (Lipinski definition) is 1. The van der Waals surface area contributed by atoms with Gasteiger partial charge in [-0.05, 0) is 39.3 Å². The van der Waals surface area contributed by atoms with Crippen LogP contribution in [0.25, 0.3) is 0 Å². The van der Waals surface area contributed by atoms with Crippen LogP contribution in [0.3, 0.4) is 0 Å². The third-order valence-electron chi connectivity index (χ3n) is 4.71. The topological polar surface area (TPSA) is 76.2 Å². The summed E-state index contributed by atoms with van der Waals surface area (Å²) in [6, 6.07) is 1.86. The maximum Gasteiger partial charge on any atom is 0.249 e. The van der Waals surface area contributed by atoms with Crippen molar-refractivity contribution in [2.24, 2.45) is 0 Å². The maximum atomic E-state index is 12.6. The fourth-order valence-corrected chi connectivity index (χ4v) is 3.44. The Labute approximate surface area is 135 Å². The second kappa shape index (κ2) is 6.16. The van der Waals surface area contributed by atoms with E-state index in [1.54, 1.807) is 17.9 Å². The third kappa shape index (κ3) is 2.76. The van der Waals surface area contributed by atoms with Crippen LogP contribution in [0.5, 0.6) is 0 Å². The van der Waals surface area contributed by atoms with E-state index in [0.29, 0.717) is 6.54 Å². The van der Waals surface area contributed by atoms with Crippen LogP contribution < -0.4 is 5.32 Å². The van der Waals surface area contributed by atoms with Crippen molar-refractivity contribution in [3.63, 3.8) is 0 Å². The van der Waals surface area contributed by atoms with Gasteiger partial charge in [0, 0.05) is 38.1 Å². The number of aromatic nitrogens is 3. The summed E-state index contributed by atoms with van der Waals surface area (Å²) in [5.41, 5.74) is 1.37. The summed E-state index contributed by atoms with van der Waals surface area (Å²) in [5.74, 6) is 0.849. The third-order valence-corrected chi connectivity index (χ3v) is 4.71. The standard InChI is InChI=1S/C16H23N5O2/c1-12-14(13(2)23-19-12)10-20-8-4-6-16(11-20,15(22)17-3)21-9-5-7-18-21/h5,7,9H,4,6,8,10-11H2,1-3H3,(H,17,22). The highest BCUT2D eigenvalue weighted by Crippen LogP contribution is 2.30. The molecule has 124 valence electrons. The van der Waals surface area contributed by atoms with Crippen molar-refractivity contribution in [2.45, 2.75) is 38.8 Å². The van der Waals surface area contributed by atoms with E-state index in [9.17, 15) is 4.79 Å². The van der Waals surface area contributed by atoms with Gasteiger partial charge < -0.3 is 9.84 Å². The number of hydrogen-bond acceptors (Lipinski definition) is 5. The largest absolute Gasteiger partial charge is 0.361 e. The van der Waals surface area contributed by atoms with Crippen LogP contribution in [0, 0.1) is 13.8 Å². The summed E-state index contributed by atoms with van der Waals surface area (Å²) >= 11 is 0. The maximum absolute atomic E-state index is 12.6. The molecular weight excluding hydrogens is 294 g/mol. The van der Waals surface area contributed by atoms with E-state index >= 15 is 0 Å². The summed E-state index contributed by atoms with van der Waals surface area (Å²) in [6.45, 7) is 6.19. The Morgan fingerprint density at radius 3 is 2.91 bits per heavy atom. The molecule has 1 aliphatic rings. The Balaban J connectivity index is 1.87. The molecule has 1 amide bonds. The van der Waals surface area contributed by atoms with Crippen LogP contribution in [0.15, 0.2) is 23.0 Å². The molecule has 1 N–H and O–H groups in total. The first-order chi connectivity index (χ1) is 11.1. The summed E-state index contributed by atoms with van der Waals surface area (Å²) in [7, 11) is 1.68. The molecule has 0 saturated carbocycles. The number of nitrogens with zero attached hydrogens (tertiary/aromatic N) is 4. The minimum absolute atomic E-state index is 0.00432. The molecular formula is C16H23N5O2. The molecule has 2 aromatic rings. The number of carbonyl (C=O) groups excluding carboxylic acids is 1. The number of likely N-dealkylation sites (tertiary alicyclic amines) is 1. The average Bonchev–Trinajstić information content (AvgIpc) is 3.20. The van der Waals surface area contributed by atoms with Gasteiger partial charge in [0.05, 0.1) is 5.69 Å². The summed E-state index contributed by atoms with van der Waals surface area (Å²) in [5, 5.41) is 11.2. The van der Waals surface area contributed by atoms with E-state index in [-0.39, 0.29) is 5.91 Å².